The van der Waals surface area contributed by atoms with Crippen LogP contribution in [0, 0.1) is 5.92 Å². The van der Waals surface area contributed by atoms with Gasteiger partial charge in [0, 0.05) is 31.1 Å². The average Bonchev–Trinajstić information content (AvgIpc) is 2.63. The zero-order chi connectivity index (χ0) is 21.7. The molecule has 6 nitrogen and oxygen atoms in total. The Balaban J connectivity index is 1.47. The lowest BCUT2D eigenvalue weighted by Gasteiger charge is -2.39. The number of hydrogen-bond donors (Lipinski definition) is 2. The van der Waals surface area contributed by atoms with Crippen LogP contribution in [0.2, 0.25) is 0 Å². The number of carbonyl (C=O) groups is 1. The van der Waals surface area contributed by atoms with Crippen LogP contribution in [0.5, 0.6) is 11.5 Å². The molecule has 0 aliphatic carbocycles. The van der Waals surface area contributed by atoms with Crippen molar-refractivity contribution in [2.24, 2.45) is 5.92 Å². The third kappa shape index (κ3) is 6.36. The predicted octanol–water partition coefficient (Wildman–Crippen LogP) is 3.60. The number of carboxylic acids is 1. The van der Waals surface area contributed by atoms with E-state index in [1.54, 1.807) is 36.4 Å². The average molecular weight is 425 g/mol. The summed E-state index contributed by atoms with van der Waals surface area (Å²) in [6.45, 7) is 2.10. The first kappa shape index (κ1) is 21.9. The first-order chi connectivity index (χ1) is 14.2. The van der Waals surface area contributed by atoms with Gasteiger partial charge >= 0.3 is 12.3 Å². The lowest BCUT2D eigenvalue weighted by atomic mass is 10.00. The summed E-state index contributed by atoms with van der Waals surface area (Å²) in [5.41, 5.74) is 0.931. The van der Waals surface area contributed by atoms with Gasteiger partial charge in [-0.15, -0.1) is 13.2 Å². The van der Waals surface area contributed by atoms with Gasteiger partial charge < -0.3 is 19.7 Å². The van der Waals surface area contributed by atoms with Crippen LogP contribution in [0.4, 0.5) is 13.2 Å². The second-order valence-electron chi connectivity index (χ2n) is 7.21. The maximum Gasteiger partial charge on any atom is 0.573 e. The molecule has 3 rings (SSSR count). The van der Waals surface area contributed by atoms with E-state index >= 15 is 0 Å². The van der Waals surface area contributed by atoms with Crippen LogP contribution in [0.25, 0.3) is 0 Å². The van der Waals surface area contributed by atoms with Gasteiger partial charge in [0.05, 0.1) is 19.1 Å². The third-order valence-electron chi connectivity index (χ3n) is 4.72. The minimum atomic E-state index is -4.73. The van der Waals surface area contributed by atoms with Crippen molar-refractivity contribution in [1.29, 1.82) is 0 Å². The molecule has 0 aromatic heterocycles. The summed E-state index contributed by atoms with van der Waals surface area (Å²) >= 11 is 0. The summed E-state index contributed by atoms with van der Waals surface area (Å²) < 4.78 is 47.4. The highest BCUT2D eigenvalue weighted by molar-refractivity contribution is 5.67. The zero-order valence-corrected chi connectivity index (χ0v) is 16.0. The highest BCUT2D eigenvalue weighted by Gasteiger charge is 2.33. The van der Waals surface area contributed by atoms with Crippen molar-refractivity contribution in [3.05, 3.63) is 59.7 Å². The van der Waals surface area contributed by atoms with E-state index in [2.05, 4.69) is 4.74 Å². The van der Waals surface area contributed by atoms with Crippen LogP contribution in [0.1, 0.15) is 23.7 Å². The van der Waals surface area contributed by atoms with E-state index in [0.29, 0.717) is 43.1 Å². The van der Waals surface area contributed by atoms with E-state index in [1.165, 1.54) is 12.1 Å². The Morgan fingerprint density at radius 3 is 2.60 bits per heavy atom. The van der Waals surface area contributed by atoms with Crippen molar-refractivity contribution in [3.8, 4) is 11.5 Å². The molecule has 0 radical (unpaired) electrons. The smallest absolute Gasteiger partial charge is 0.493 e. The molecule has 1 saturated heterocycles. The molecule has 1 aliphatic heterocycles. The van der Waals surface area contributed by atoms with Crippen molar-refractivity contribution in [3.63, 3.8) is 0 Å². The van der Waals surface area contributed by atoms with Crippen molar-refractivity contribution in [2.75, 3.05) is 19.7 Å². The van der Waals surface area contributed by atoms with Crippen LogP contribution >= 0.6 is 0 Å². The van der Waals surface area contributed by atoms with Gasteiger partial charge in [-0.1, -0.05) is 30.3 Å². The topological polar surface area (TPSA) is 79.2 Å². The summed E-state index contributed by atoms with van der Waals surface area (Å²) in [6, 6.07) is 12.7. The van der Waals surface area contributed by atoms with Crippen LogP contribution < -0.4 is 9.47 Å². The summed E-state index contributed by atoms with van der Waals surface area (Å²) in [5.74, 6) is -0.542. The molecule has 0 amide bonds. The number of para-hydroxylation sites is 1. The Hall–Kier alpha value is -2.78. The number of aliphatic carboxylic acids is 1. The minimum Gasteiger partial charge on any atom is -0.493 e. The van der Waals surface area contributed by atoms with Crippen molar-refractivity contribution < 1.29 is 37.7 Å². The predicted molar refractivity (Wildman–Crippen MR) is 101 cm³/mol. The maximum absolute atomic E-state index is 12.5. The number of likely N-dealkylation sites (tertiary alicyclic amines) is 1. The van der Waals surface area contributed by atoms with E-state index in [0.717, 1.165) is 0 Å². The molecular formula is C21H22F3NO5. The fourth-order valence-electron chi connectivity index (χ4n) is 3.32. The molecule has 1 heterocycles. The van der Waals surface area contributed by atoms with Gasteiger partial charge in [-0.05, 0) is 23.8 Å². The van der Waals surface area contributed by atoms with E-state index in [4.69, 9.17) is 9.84 Å². The summed E-state index contributed by atoms with van der Waals surface area (Å²) in [7, 11) is 0. The molecule has 1 atom stereocenters. The normalized spacial score (nSPS) is 16.0. The first-order valence-corrected chi connectivity index (χ1v) is 9.38. The van der Waals surface area contributed by atoms with Gasteiger partial charge in [0.25, 0.3) is 0 Å². The zero-order valence-electron chi connectivity index (χ0n) is 16.0. The van der Waals surface area contributed by atoms with Gasteiger partial charge in [0.1, 0.15) is 11.5 Å². The van der Waals surface area contributed by atoms with Crippen molar-refractivity contribution in [1.82, 2.24) is 4.90 Å². The summed E-state index contributed by atoms with van der Waals surface area (Å²) in [5, 5.41) is 18.7. The Bertz CT molecular complexity index is 868. The SMILES string of the molecule is O=C(O)C[C@@H](O)c1cccc(OCC2CN(Cc3ccccc3OC(F)(F)F)C2)c1. The quantitative estimate of drug-likeness (QED) is 0.639. The Labute approximate surface area is 171 Å². The van der Waals surface area contributed by atoms with Crippen molar-refractivity contribution in [2.45, 2.75) is 25.4 Å². The molecule has 30 heavy (non-hydrogen) atoms. The summed E-state index contributed by atoms with van der Waals surface area (Å²) in [6.07, 6.45) is -6.22. The molecule has 2 aromatic carbocycles. The number of alkyl halides is 3. The molecule has 0 saturated carbocycles. The third-order valence-corrected chi connectivity index (χ3v) is 4.72. The van der Waals surface area contributed by atoms with Gasteiger partial charge in [-0.3, -0.25) is 9.69 Å². The maximum atomic E-state index is 12.5. The van der Waals surface area contributed by atoms with E-state index in [1.807, 2.05) is 4.90 Å². The van der Waals surface area contributed by atoms with Crippen molar-refractivity contribution >= 4 is 5.97 Å². The fourth-order valence-corrected chi connectivity index (χ4v) is 3.32. The monoisotopic (exact) mass is 425 g/mol. The van der Waals surface area contributed by atoms with Crippen LogP contribution in [0.15, 0.2) is 48.5 Å². The lowest BCUT2D eigenvalue weighted by molar-refractivity contribution is -0.275. The number of rotatable bonds is 9. The number of hydrogen-bond acceptors (Lipinski definition) is 5. The molecule has 9 heteroatoms. The van der Waals surface area contributed by atoms with Crippen LogP contribution in [0.3, 0.4) is 0 Å². The molecule has 2 N–H and O–H groups in total. The standard InChI is InChI=1S/C21H22F3NO5/c22-21(23,24)30-19-7-2-1-4-16(19)12-25-10-14(11-25)13-29-17-6-3-5-15(8-17)18(26)9-20(27)28/h1-8,14,18,26H,9-13H2,(H,27,28)/t18-/m1/s1. The molecular weight excluding hydrogens is 403 g/mol. The number of halogens is 3. The Morgan fingerprint density at radius 1 is 1.17 bits per heavy atom. The first-order valence-electron chi connectivity index (χ1n) is 9.38. The van der Waals surface area contributed by atoms with Gasteiger partial charge in [0.15, 0.2) is 0 Å². The van der Waals surface area contributed by atoms with Gasteiger partial charge in [0.2, 0.25) is 0 Å². The number of aliphatic hydroxyl groups is 1. The highest BCUT2D eigenvalue weighted by atomic mass is 19.4. The van der Waals surface area contributed by atoms with E-state index in [9.17, 15) is 23.1 Å². The molecule has 0 spiro atoms. The molecule has 1 fully saturated rings. The Morgan fingerprint density at radius 2 is 1.90 bits per heavy atom. The lowest BCUT2D eigenvalue weighted by Crippen LogP contribution is -2.48. The van der Waals surface area contributed by atoms with Gasteiger partial charge in [-0.25, -0.2) is 0 Å². The second-order valence-corrected chi connectivity index (χ2v) is 7.21. The second kappa shape index (κ2) is 9.36. The fraction of sp³-hybridized carbons (Fsp3) is 0.381. The van der Waals surface area contributed by atoms with E-state index < -0.39 is 18.4 Å². The van der Waals surface area contributed by atoms with Crippen LogP contribution in [-0.2, 0) is 11.3 Å². The molecule has 162 valence electrons. The molecule has 1 aliphatic rings. The van der Waals surface area contributed by atoms with E-state index in [-0.39, 0.29) is 18.1 Å². The number of benzene rings is 2. The minimum absolute atomic E-state index is 0.193. The number of carboxylic acid groups (broad SMARTS) is 1. The largest absolute Gasteiger partial charge is 0.573 e. The Kier molecular flexibility index (Phi) is 6.84. The van der Waals surface area contributed by atoms with Crippen LogP contribution in [-0.4, -0.2) is 47.1 Å². The number of nitrogens with zero attached hydrogens (tertiary/aromatic N) is 1. The highest BCUT2D eigenvalue weighted by Crippen LogP contribution is 2.29. The molecule has 0 bridgehead atoms. The molecule has 0 unspecified atom stereocenters. The molecule has 2 aromatic rings. The number of aliphatic hydroxyl groups excluding tert-OH is 1. The summed E-state index contributed by atoms with van der Waals surface area (Å²) in [4.78, 5) is 12.7. The number of ether oxygens (including phenoxy) is 2. The van der Waals surface area contributed by atoms with Gasteiger partial charge in [-0.2, -0.15) is 0 Å².